The van der Waals surface area contributed by atoms with Gasteiger partial charge in [0.1, 0.15) is 11.6 Å². The Bertz CT molecular complexity index is 527. The van der Waals surface area contributed by atoms with Crippen molar-refractivity contribution < 1.29 is 13.2 Å². The fourth-order valence-corrected chi connectivity index (χ4v) is 2.63. The number of likely N-dealkylation sites (N-methyl/N-ethyl adjacent to an activating group) is 1. The highest BCUT2D eigenvalue weighted by molar-refractivity contribution is 6.36. The molecule has 1 aromatic rings. The first kappa shape index (κ1) is 16.6. The monoisotopic (exact) mass is 342 g/mol. The van der Waals surface area contributed by atoms with E-state index in [0.29, 0.717) is 36.2 Å². The van der Waals surface area contributed by atoms with E-state index in [1.165, 1.54) is 5.54 Å². The molecule has 0 bridgehead atoms. The van der Waals surface area contributed by atoms with Crippen molar-refractivity contribution in [3.05, 3.63) is 22.2 Å². The fourth-order valence-electron chi connectivity index (χ4n) is 2.36. The maximum absolute atomic E-state index is 12.8. The Labute approximate surface area is 130 Å². The standard InChI is InChI=1S/C12H15Cl2F3N4/c1-20(6-9(14)4-13)7-11-19-18-10-3-2-8(5-21(10)11)12(15,16)17/h4,8H,2-3,5-7H2,1H3/b9-4-. The Balaban J connectivity index is 2.09. The zero-order chi connectivity index (χ0) is 15.6. The minimum Gasteiger partial charge on any atom is -0.313 e. The number of hydrogen-bond donors (Lipinski definition) is 0. The van der Waals surface area contributed by atoms with Gasteiger partial charge in [-0.15, -0.1) is 10.2 Å². The predicted molar refractivity (Wildman–Crippen MR) is 74.0 cm³/mol. The van der Waals surface area contributed by atoms with Gasteiger partial charge in [-0.25, -0.2) is 0 Å². The fraction of sp³-hybridized carbons (Fsp3) is 0.667. The van der Waals surface area contributed by atoms with Gasteiger partial charge < -0.3 is 4.57 Å². The van der Waals surface area contributed by atoms with Crippen LogP contribution in [0.4, 0.5) is 13.2 Å². The van der Waals surface area contributed by atoms with E-state index in [1.54, 1.807) is 11.6 Å². The quantitative estimate of drug-likeness (QED) is 0.842. The van der Waals surface area contributed by atoms with Gasteiger partial charge in [0.15, 0.2) is 0 Å². The number of fused-ring (bicyclic) bond motifs is 1. The molecule has 4 nitrogen and oxygen atoms in total. The molecule has 1 aliphatic rings. The molecule has 0 fully saturated rings. The van der Waals surface area contributed by atoms with E-state index in [0.717, 1.165) is 0 Å². The van der Waals surface area contributed by atoms with E-state index in [1.807, 2.05) is 4.90 Å². The van der Waals surface area contributed by atoms with Crippen LogP contribution in [-0.2, 0) is 19.5 Å². The lowest BCUT2D eigenvalue weighted by Gasteiger charge is -2.26. The van der Waals surface area contributed by atoms with Crippen molar-refractivity contribution in [2.75, 3.05) is 13.6 Å². The van der Waals surface area contributed by atoms with Crippen molar-refractivity contribution in [1.82, 2.24) is 19.7 Å². The number of aryl methyl sites for hydroxylation is 1. The van der Waals surface area contributed by atoms with Gasteiger partial charge in [-0.05, 0) is 13.5 Å². The van der Waals surface area contributed by atoms with Crippen LogP contribution in [0, 0.1) is 5.92 Å². The van der Waals surface area contributed by atoms with E-state index in [-0.39, 0.29) is 13.0 Å². The van der Waals surface area contributed by atoms with Gasteiger partial charge in [-0.2, -0.15) is 13.2 Å². The number of rotatable bonds is 4. The van der Waals surface area contributed by atoms with Crippen LogP contribution in [0.5, 0.6) is 0 Å². The lowest BCUT2D eigenvalue weighted by atomic mass is 9.99. The van der Waals surface area contributed by atoms with Gasteiger partial charge >= 0.3 is 6.18 Å². The molecule has 0 N–H and O–H groups in total. The highest BCUT2D eigenvalue weighted by atomic mass is 35.5. The second-order valence-corrected chi connectivity index (χ2v) is 5.85. The van der Waals surface area contributed by atoms with Crippen molar-refractivity contribution in [2.45, 2.75) is 32.1 Å². The Morgan fingerprint density at radius 1 is 1.48 bits per heavy atom. The van der Waals surface area contributed by atoms with Crippen LogP contribution in [0.15, 0.2) is 10.6 Å². The summed E-state index contributed by atoms with van der Waals surface area (Å²) < 4.78 is 40.1. The summed E-state index contributed by atoms with van der Waals surface area (Å²) in [4.78, 5) is 1.82. The second kappa shape index (κ2) is 6.54. The summed E-state index contributed by atoms with van der Waals surface area (Å²) >= 11 is 11.3. The van der Waals surface area contributed by atoms with E-state index in [2.05, 4.69) is 10.2 Å². The van der Waals surface area contributed by atoms with Gasteiger partial charge in [-0.3, -0.25) is 4.90 Å². The van der Waals surface area contributed by atoms with E-state index in [9.17, 15) is 13.2 Å². The Morgan fingerprint density at radius 3 is 2.81 bits per heavy atom. The Morgan fingerprint density at radius 2 is 2.19 bits per heavy atom. The predicted octanol–water partition coefficient (Wildman–Crippen LogP) is 3.15. The largest absolute Gasteiger partial charge is 0.393 e. The summed E-state index contributed by atoms with van der Waals surface area (Å²) in [5.41, 5.74) is 1.26. The molecule has 0 aliphatic carbocycles. The van der Waals surface area contributed by atoms with Crippen molar-refractivity contribution in [2.24, 2.45) is 5.92 Å². The summed E-state index contributed by atoms with van der Waals surface area (Å²) in [5.74, 6) is -0.213. The molecule has 0 saturated heterocycles. The van der Waals surface area contributed by atoms with Gasteiger partial charge in [0, 0.05) is 30.1 Å². The molecule has 1 unspecified atom stereocenters. The average molecular weight is 343 g/mol. The molecule has 2 heterocycles. The SMILES string of the molecule is CN(C/C(Cl)=C/Cl)Cc1nnc2n1CC(C(F)(F)F)CC2. The lowest BCUT2D eigenvalue weighted by molar-refractivity contribution is -0.182. The van der Waals surface area contributed by atoms with Crippen LogP contribution >= 0.6 is 23.2 Å². The van der Waals surface area contributed by atoms with Crippen LogP contribution in [0.3, 0.4) is 0 Å². The van der Waals surface area contributed by atoms with Crippen molar-refractivity contribution in [3.8, 4) is 0 Å². The molecule has 1 atom stereocenters. The highest BCUT2D eigenvalue weighted by Gasteiger charge is 2.42. The first-order valence-corrected chi connectivity index (χ1v) is 7.23. The average Bonchev–Trinajstić information content (AvgIpc) is 2.80. The molecule has 0 radical (unpaired) electrons. The normalized spacial score (nSPS) is 20.0. The van der Waals surface area contributed by atoms with E-state index < -0.39 is 12.1 Å². The minimum atomic E-state index is -4.18. The van der Waals surface area contributed by atoms with Gasteiger partial charge in [0.05, 0.1) is 12.5 Å². The third-order valence-corrected chi connectivity index (χ3v) is 4.04. The maximum Gasteiger partial charge on any atom is 0.393 e. The van der Waals surface area contributed by atoms with Gasteiger partial charge in [0.25, 0.3) is 0 Å². The van der Waals surface area contributed by atoms with E-state index in [4.69, 9.17) is 23.2 Å². The summed E-state index contributed by atoms with van der Waals surface area (Å²) in [6.07, 6.45) is -3.82. The van der Waals surface area contributed by atoms with Gasteiger partial charge in [-0.1, -0.05) is 23.2 Å². The second-order valence-electron chi connectivity index (χ2n) is 5.15. The zero-order valence-electron chi connectivity index (χ0n) is 11.4. The molecule has 0 aromatic carbocycles. The highest BCUT2D eigenvalue weighted by Crippen LogP contribution is 2.34. The summed E-state index contributed by atoms with van der Waals surface area (Å²) in [6.45, 7) is 0.641. The smallest absolute Gasteiger partial charge is 0.313 e. The van der Waals surface area contributed by atoms with Crippen LogP contribution in [0.1, 0.15) is 18.1 Å². The first-order valence-electron chi connectivity index (χ1n) is 6.42. The van der Waals surface area contributed by atoms with Crippen molar-refractivity contribution in [1.29, 1.82) is 0 Å². The Kier molecular flexibility index (Phi) is 5.16. The third-order valence-electron chi connectivity index (χ3n) is 3.44. The summed E-state index contributed by atoms with van der Waals surface area (Å²) in [6, 6.07) is 0. The molecule has 0 amide bonds. The molecule has 0 saturated carbocycles. The zero-order valence-corrected chi connectivity index (χ0v) is 12.9. The van der Waals surface area contributed by atoms with Crippen LogP contribution in [0.2, 0.25) is 0 Å². The van der Waals surface area contributed by atoms with Crippen LogP contribution < -0.4 is 0 Å². The number of aromatic nitrogens is 3. The van der Waals surface area contributed by atoms with Crippen molar-refractivity contribution >= 4 is 23.2 Å². The van der Waals surface area contributed by atoms with E-state index >= 15 is 0 Å². The summed E-state index contributed by atoms with van der Waals surface area (Å²) in [5, 5.41) is 8.42. The molecule has 21 heavy (non-hydrogen) atoms. The Hall–Kier alpha value is -0.790. The molecule has 118 valence electrons. The minimum absolute atomic E-state index is 0.0677. The molecule has 0 spiro atoms. The van der Waals surface area contributed by atoms with Gasteiger partial charge in [0.2, 0.25) is 0 Å². The molecule has 9 heteroatoms. The topological polar surface area (TPSA) is 34.0 Å². The molecular formula is C12H15Cl2F3N4. The number of nitrogens with zero attached hydrogens (tertiary/aromatic N) is 4. The van der Waals surface area contributed by atoms with Crippen LogP contribution in [-0.4, -0.2) is 39.4 Å². The summed E-state index contributed by atoms with van der Waals surface area (Å²) in [7, 11) is 1.79. The molecule has 1 aromatic heterocycles. The first-order chi connectivity index (χ1) is 9.81. The molecular weight excluding hydrogens is 328 g/mol. The number of halogens is 5. The molecule has 2 rings (SSSR count). The lowest BCUT2D eigenvalue weighted by Crippen LogP contribution is -2.33. The maximum atomic E-state index is 12.8. The number of hydrogen-bond acceptors (Lipinski definition) is 3. The van der Waals surface area contributed by atoms with Crippen LogP contribution in [0.25, 0.3) is 0 Å². The third kappa shape index (κ3) is 4.11. The van der Waals surface area contributed by atoms with Crippen molar-refractivity contribution in [3.63, 3.8) is 0 Å². The molecule has 1 aliphatic heterocycles. The number of alkyl halides is 3.